The molecular formula is C25H29N5O2. The quantitative estimate of drug-likeness (QED) is 0.567. The number of hydrogen-bond donors (Lipinski definition) is 2. The van der Waals surface area contributed by atoms with E-state index >= 15 is 0 Å². The Morgan fingerprint density at radius 2 is 1.91 bits per heavy atom. The fraction of sp³-hybridized carbons (Fsp3) is 0.320. The van der Waals surface area contributed by atoms with Crippen molar-refractivity contribution in [2.24, 2.45) is 0 Å². The minimum Gasteiger partial charge on any atom is -0.493 e. The van der Waals surface area contributed by atoms with E-state index < -0.39 is 0 Å². The van der Waals surface area contributed by atoms with Crippen LogP contribution in [0.1, 0.15) is 29.7 Å². The van der Waals surface area contributed by atoms with E-state index in [1.165, 1.54) is 11.1 Å². The van der Waals surface area contributed by atoms with E-state index in [9.17, 15) is 4.79 Å². The van der Waals surface area contributed by atoms with Gasteiger partial charge in [-0.05, 0) is 36.7 Å². The molecule has 6 bridgehead atoms. The highest BCUT2D eigenvalue weighted by Gasteiger charge is 2.08. The van der Waals surface area contributed by atoms with Crippen LogP contribution in [0, 0.1) is 0 Å². The number of fused-ring (bicyclic) bond motifs is 6. The van der Waals surface area contributed by atoms with Gasteiger partial charge in [0.2, 0.25) is 5.91 Å². The zero-order valence-electron chi connectivity index (χ0n) is 18.4. The monoisotopic (exact) mass is 431 g/mol. The summed E-state index contributed by atoms with van der Waals surface area (Å²) < 4.78 is 5.85. The zero-order valence-corrected chi connectivity index (χ0v) is 18.4. The molecule has 0 saturated carbocycles. The second-order valence-corrected chi connectivity index (χ2v) is 8.08. The molecule has 2 aromatic carbocycles. The second kappa shape index (κ2) is 10.7. The molecule has 0 radical (unpaired) electrons. The molecule has 7 heteroatoms. The summed E-state index contributed by atoms with van der Waals surface area (Å²) in [6.07, 6.45) is 3.55. The third kappa shape index (κ3) is 6.52. The molecule has 7 nitrogen and oxygen atoms in total. The first-order valence-electron chi connectivity index (χ1n) is 11.0. The van der Waals surface area contributed by atoms with Gasteiger partial charge in [-0.3, -0.25) is 4.79 Å². The molecule has 0 saturated heterocycles. The third-order valence-corrected chi connectivity index (χ3v) is 5.29. The van der Waals surface area contributed by atoms with E-state index in [-0.39, 0.29) is 5.91 Å². The van der Waals surface area contributed by atoms with E-state index in [1.807, 2.05) is 37.4 Å². The van der Waals surface area contributed by atoms with Gasteiger partial charge in [-0.15, -0.1) is 0 Å². The highest BCUT2D eigenvalue weighted by molar-refractivity contribution is 5.76. The van der Waals surface area contributed by atoms with Crippen LogP contribution in [-0.2, 0) is 17.8 Å². The number of rotatable bonds is 0. The van der Waals surface area contributed by atoms with Gasteiger partial charge in [-0.1, -0.05) is 30.3 Å². The molecule has 0 aliphatic carbocycles. The van der Waals surface area contributed by atoms with Gasteiger partial charge in [0.25, 0.3) is 0 Å². The van der Waals surface area contributed by atoms with Gasteiger partial charge in [-0.2, -0.15) is 0 Å². The first kappa shape index (κ1) is 21.8. The molecule has 4 rings (SSSR count). The fourth-order valence-electron chi connectivity index (χ4n) is 3.68. The number of carbonyl (C=O) groups excluding carboxylic acids is 1. The van der Waals surface area contributed by atoms with Crippen LogP contribution in [0.3, 0.4) is 0 Å². The maximum absolute atomic E-state index is 12.2. The van der Waals surface area contributed by atoms with Crippen molar-refractivity contribution in [2.45, 2.75) is 25.8 Å². The van der Waals surface area contributed by atoms with Crippen molar-refractivity contribution < 1.29 is 9.53 Å². The SMILES string of the molecule is CN1CCC(=O)NCCCOc2cccc(c2)Nc2cc(ncn2)Cc2cccc(c2)C1. The van der Waals surface area contributed by atoms with Crippen LogP contribution >= 0.6 is 0 Å². The molecule has 1 aliphatic rings. The number of aromatic nitrogens is 2. The average molecular weight is 432 g/mol. The smallest absolute Gasteiger partial charge is 0.221 e. The number of benzene rings is 2. The molecule has 3 aromatic rings. The number of hydrogen-bond acceptors (Lipinski definition) is 6. The maximum atomic E-state index is 12.2. The van der Waals surface area contributed by atoms with Crippen LogP contribution in [0.4, 0.5) is 11.5 Å². The molecule has 166 valence electrons. The molecule has 0 fully saturated rings. The van der Waals surface area contributed by atoms with Crippen molar-refractivity contribution in [3.8, 4) is 5.75 Å². The zero-order chi connectivity index (χ0) is 22.2. The van der Waals surface area contributed by atoms with Gasteiger partial charge in [-0.25, -0.2) is 9.97 Å². The number of amides is 1. The average Bonchev–Trinajstić information content (AvgIpc) is 2.78. The van der Waals surface area contributed by atoms with Gasteiger partial charge in [0.15, 0.2) is 0 Å². The summed E-state index contributed by atoms with van der Waals surface area (Å²) in [6.45, 7) is 2.64. The van der Waals surface area contributed by atoms with Gasteiger partial charge < -0.3 is 20.3 Å². The van der Waals surface area contributed by atoms with Crippen LogP contribution in [0.15, 0.2) is 60.9 Å². The number of anilines is 2. The first-order valence-corrected chi connectivity index (χ1v) is 11.0. The summed E-state index contributed by atoms with van der Waals surface area (Å²) in [5.74, 6) is 1.59. The molecule has 2 N–H and O–H groups in total. The van der Waals surface area contributed by atoms with E-state index in [0.29, 0.717) is 26.1 Å². The topological polar surface area (TPSA) is 79.4 Å². The number of carbonyl (C=O) groups is 1. The van der Waals surface area contributed by atoms with Gasteiger partial charge in [0, 0.05) is 50.3 Å². The molecule has 0 spiro atoms. The van der Waals surface area contributed by atoms with E-state index in [2.05, 4.69) is 49.8 Å². The lowest BCUT2D eigenvalue weighted by Crippen LogP contribution is -2.29. The van der Waals surface area contributed by atoms with Crippen LogP contribution in [0.25, 0.3) is 0 Å². The van der Waals surface area contributed by atoms with Crippen molar-refractivity contribution in [2.75, 3.05) is 32.1 Å². The Balaban J connectivity index is 1.55. The van der Waals surface area contributed by atoms with Gasteiger partial charge >= 0.3 is 0 Å². The number of nitrogens with one attached hydrogen (secondary N) is 2. The van der Waals surface area contributed by atoms with Crippen LogP contribution in [0.5, 0.6) is 5.75 Å². The number of ether oxygens (including phenoxy) is 1. The Kier molecular flexibility index (Phi) is 7.30. The third-order valence-electron chi connectivity index (χ3n) is 5.29. The van der Waals surface area contributed by atoms with Crippen molar-refractivity contribution in [3.63, 3.8) is 0 Å². The Morgan fingerprint density at radius 1 is 1.03 bits per heavy atom. The lowest BCUT2D eigenvalue weighted by molar-refractivity contribution is -0.121. The predicted octanol–water partition coefficient (Wildman–Crippen LogP) is 3.53. The Labute approximate surface area is 188 Å². The molecule has 0 atom stereocenters. The lowest BCUT2D eigenvalue weighted by Gasteiger charge is -2.17. The van der Waals surface area contributed by atoms with Crippen LogP contribution in [0.2, 0.25) is 0 Å². The summed E-state index contributed by atoms with van der Waals surface area (Å²) in [6, 6.07) is 18.3. The molecule has 0 unspecified atom stereocenters. The molecule has 2 heterocycles. The van der Waals surface area contributed by atoms with Crippen molar-refractivity contribution in [1.82, 2.24) is 20.2 Å². The largest absolute Gasteiger partial charge is 0.493 e. The van der Waals surface area contributed by atoms with Crippen molar-refractivity contribution >= 4 is 17.4 Å². The number of nitrogens with zero attached hydrogens (tertiary/aromatic N) is 3. The highest BCUT2D eigenvalue weighted by Crippen LogP contribution is 2.21. The maximum Gasteiger partial charge on any atom is 0.221 e. The van der Waals surface area contributed by atoms with E-state index in [0.717, 1.165) is 42.3 Å². The van der Waals surface area contributed by atoms with E-state index in [1.54, 1.807) is 6.33 Å². The fourth-order valence-corrected chi connectivity index (χ4v) is 3.68. The van der Waals surface area contributed by atoms with E-state index in [4.69, 9.17) is 4.74 Å². The summed E-state index contributed by atoms with van der Waals surface area (Å²) >= 11 is 0. The minimum atomic E-state index is 0.0699. The van der Waals surface area contributed by atoms with Crippen molar-refractivity contribution in [1.29, 1.82) is 0 Å². The lowest BCUT2D eigenvalue weighted by atomic mass is 10.1. The summed E-state index contributed by atoms with van der Waals surface area (Å²) in [7, 11) is 2.04. The molecular weight excluding hydrogens is 402 g/mol. The predicted molar refractivity (Wildman–Crippen MR) is 125 cm³/mol. The summed E-state index contributed by atoms with van der Waals surface area (Å²) in [5.41, 5.74) is 4.26. The minimum absolute atomic E-state index is 0.0699. The first-order chi connectivity index (χ1) is 15.6. The normalized spacial score (nSPS) is 16.1. The molecule has 1 aliphatic heterocycles. The second-order valence-electron chi connectivity index (χ2n) is 8.08. The molecule has 32 heavy (non-hydrogen) atoms. The molecule has 1 aromatic heterocycles. The Hall–Kier alpha value is -3.45. The highest BCUT2D eigenvalue weighted by atomic mass is 16.5. The van der Waals surface area contributed by atoms with Crippen LogP contribution < -0.4 is 15.4 Å². The Bertz CT molecular complexity index is 1060. The Morgan fingerprint density at radius 3 is 2.84 bits per heavy atom. The molecule has 1 amide bonds. The van der Waals surface area contributed by atoms with Crippen molar-refractivity contribution in [3.05, 3.63) is 77.7 Å². The summed E-state index contributed by atoms with van der Waals surface area (Å²) in [5, 5.41) is 6.32. The standard InChI is InChI=1S/C25H29N5O2/c1-30-11-9-25(31)26-10-4-12-32-23-8-3-7-21(15-23)29-24-16-22(27-18-28-24)14-19-5-2-6-20(13-19)17-30/h2-3,5-8,13,15-16,18H,4,9-12,14,17H2,1H3,(H,26,31)(H,27,28,29). The van der Waals surface area contributed by atoms with Gasteiger partial charge in [0.05, 0.1) is 12.3 Å². The van der Waals surface area contributed by atoms with Crippen LogP contribution in [-0.4, -0.2) is 47.5 Å². The van der Waals surface area contributed by atoms with Gasteiger partial charge in [0.1, 0.15) is 17.9 Å². The summed E-state index contributed by atoms with van der Waals surface area (Å²) in [4.78, 5) is 23.1.